The molecule has 0 aliphatic heterocycles. The second-order valence-electron chi connectivity index (χ2n) is 4.76. The Morgan fingerprint density at radius 3 is 2.50 bits per heavy atom. The highest BCUT2D eigenvalue weighted by Gasteiger charge is 2.30. The lowest BCUT2D eigenvalue weighted by atomic mass is 9.74. The van der Waals surface area contributed by atoms with Crippen molar-refractivity contribution in [3.05, 3.63) is 47.8 Å². The zero-order chi connectivity index (χ0) is 13.0. The van der Waals surface area contributed by atoms with Gasteiger partial charge in [-0.05, 0) is 12.0 Å². The van der Waals surface area contributed by atoms with E-state index in [9.17, 15) is 0 Å². The summed E-state index contributed by atoms with van der Waals surface area (Å²) < 4.78 is 1.73. The second kappa shape index (κ2) is 5.31. The second-order valence-corrected chi connectivity index (χ2v) is 4.76. The number of rotatable bonds is 5. The summed E-state index contributed by atoms with van der Waals surface area (Å²) >= 11 is 0. The molecule has 0 aliphatic carbocycles. The molecule has 4 nitrogen and oxygen atoms in total. The zero-order valence-corrected chi connectivity index (χ0v) is 11.0. The molecule has 18 heavy (non-hydrogen) atoms. The van der Waals surface area contributed by atoms with E-state index in [0.717, 1.165) is 18.5 Å². The molecule has 1 atom stereocenters. The van der Waals surface area contributed by atoms with Crippen LogP contribution in [-0.2, 0) is 18.9 Å². The fourth-order valence-electron chi connectivity index (χ4n) is 2.38. The maximum atomic E-state index is 6.05. The van der Waals surface area contributed by atoms with Gasteiger partial charge in [0.1, 0.15) is 0 Å². The van der Waals surface area contributed by atoms with E-state index in [0.29, 0.717) is 6.54 Å². The Hall–Kier alpha value is -1.68. The standard InChI is InChI=1S/C14H20N4/c1-3-14(11-15,12-7-5-4-6-8-12)9-13-10-18(2)17-16-13/h4-8,10H,3,9,11,15H2,1-2H3. The lowest BCUT2D eigenvalue weighted by molar-refractivity contribution is 0.414. The van der Waals surface area contributed by atoms with Gasteiger partial charge in [-0.3, -0.25) is 4.68 Å². The van der Waals surface area contributed by atoms with Gasteiger partial charge in [0.05, 0.1) is 5.69 Å². The molecule has 0 aliphatic rings. The zero-order valence-electron chi connectivity index (χ0n) is 11.0. The first kappa shape index (κ1) is 12.8. The van der Waals surface area contributed by atoms with Gasteiger partial charge in [-0.25, -0.2) is 0 Å². The number of aryl methyl sites for hydroxylation is 1. The Morgan fingerprint density at radius 1 is 1.28 bits per heavy atom. The van der Waals surface area contributed by atoms with Crippen molar-refractivity contribution in [1.82, 2.24) is 15.0 Å². The molecule has 0 amide bonds. The van der Waals surface area contributed by atoms with Crippen LogP contribution in [0.4, 0.5) is 0 Å². The molecule has 4 heteroatoms. The van der Waals surface area contributed by atoms with Crippen LogP contribution in [0.15, 0.2) is 36.5 Å². The van der Waals surface area contributed by atoms with E-state index in [1.165, 1.54) is 5.56 Å². The summed E-state index contributed by atoms with van der Waals surface area (Å²) in [6.07, 6.45) is 3.78. The van der Waals surface area contributed by atoms with Crippen molar-refractivity contribution in [2.75, 3.05) is 6.54 Å². The highest BCUT2D eigenvalue weighted by molar-refractivity contribution is 5.27. The summed E-state index contributed by atoms with van der Waals surface area (Å²) in [6, 6.07) is 10.4. The van der Waals surface area contributed by atoms with Crippen molar-refractivity contribution in [1.29, 1.82) is 0 Å². The van der Waals surface area contributed by atoms with Crippen molar-refractivity contribution in [3.63, 3.8) is 0 Å². The van der Waals surface area contributed by atoms with Gasteiger partial charge in [0, 0.05) is 31.6 Å². The molecule has 0 fully saturated rings. The highest BCUT2D eigenvalue weighted by Crippen LogP contribution is 2.30. The third-order valence-corrected chi connectivity index (χ3v) is 3.62. The molecule has 1 heterocycles. The van der Waals surface area contributed by atoms with E-state index >= 15 is 0 Å². The molecule has 1 aromatic heterocycles. The summed E-state index contributed by atoms with van der Waals surface area (Å²) in [5, 5.41) is 8.17. The number of nitrogens with two attached hydrogens (primary N) is 1. The minimum Gasteiger partial charge on any atom is -0.330 e. The predicted octanol–water partition coefficient (Wildman–Crippen LogP) is 1.66. The summed E-state index contributed by atoms with van der Waals surface area (Å²) in [4.78, 5) is 0. The van der Waals surface area contributed by atoms with Crippen LogP contribution in [0.1, 0.15) is 24.6 Å². The van der Waals surface area contributed by atoms with Gasteiger partial charge < -0.3 is 5.73 Å². The average Bonchev–Trinajstić information content (AvgIpc) is 2.82. The topological polar surface area (TPSA) is 56.7 Å². The van der Waals surface area contributed by atoms with Crippen molar-refractivity contribution in [2.24, 2.45) is 12.8 Å². The summed E-state index contributed by atoms with van der Waals surface area (Å²) in [7, 11) is 1.88. The van der Waals surface area contributed by atoms with Crippen molar-refractivity contribution >= 4 is 0 Å². The van der Waals surface area contributed by atoms with Gasteiger partial charge in [0.2, 0.25) is 0 Å². The summed E-state index contributed by atoms with van der Waals surface area (Å²) in [5.74, 6) is 0. The average molecular weight is 244 g/mol. The number of hydrogen-bond donors (Lipinski definition) is 1. The monoisotopic (exact) mass is 244 g/mol. The van der Waals surface area contributed by atoms with E-state index in [2.05, 4.69) is 41.5 Å². The normalized spacial score (nSPS) is 14.4. The SMILES string of the molecule is CCC(CN)(Cc1cn(C)nn1)c1ccccc1. The van der Waals surface area contributed by atoms with Crippen molar-refractivity contribution in [3.8, 4) is 0 Å². The maximum absolute atomic E-state index is 6.05. The molecule has 0 radical (unpaired) electrons. The van der Waals surface area contributed by atoms with Crippen LogP contribution >= 0.6 is 0 Å². The Labute approximate surface area is 108 Å². The molecule has 2 N–H and O–H groups in total. The van der Waals surface area contributed by atoms with Crippen molar-refractivity contribution < 1.29 is 0 Å². The minimum absolute atomic E-state index is 0.0444. The minimum atomic E-state index is -0.0444. The van der Waals surface area contributed by atoms with Crippen LogP contribution in [0, 0.1) is 0 Å². The molecular weight excluding hydrogens is 224 g/mol. The molecule has 0 bridgehead atoms. The molecule has 2 rings (SSSR count). The number of benzene rings is 1. The third kappa shape index (κ3) is 2.43. The van der Waals surface area contributed by atoms with Gasteiger partial charge in [-0.15, -0.1) is 5.10 Å². The number of hydrogen-bond acceptors (Lipinski definition) is 3. The van der Waals surface area contributed by atoms with Gasteiger partial charge >= 0.3 is 0 Å². The lowest BCUT2D eigenvalue weighted by Gasteiger charge is -2.31. The Kier molecular flexibility index (Phi) is 3.77. The van der Waals surface area contributed by atoms with Crippen LogP contribution in [0.25, 0.3) is 0 Å². The molecule has 0 spiro atoms. The van der Waals surface area contributed by atoms with Crippen LogP contribution in [0.5, 0.6) is 0 Å². The van der Waals surface area contributed by atoms with Crippen molar-refractivity contribution in [2.45, 2.75) is 25.2 Å². The quantitative estimate of drug-likeness (QED) is 0.870. The first-order valence-corrected chi connectivity index (χ1v) is 6.31. The van der Waals surface area contributed by atoms with E-state index in [1.54, 1.807) is 4.68 Å². The van der Waals surface area contributed by atoms with Crippen LogP contribution in [0.3, 0.4) is 0 Å². The Morgan fingerprint density at radius 2 is 2.00 bits per heavy atom. The maximum Gasteiger partial charge on any atom is 0.0836 e. The summed E-state index contributed by atoms with van der Waals surface area (Å²) in [6.45, 7) is 2.79. The molecule has 1 unspecified atom stereocenters. The molecular formula is C14H20N4. The van der Waals surface area contributed by atoms with Gasteiger partial charge in [0.15, 0.2) is 0 Å². The van der Waals surface area contributed by atoms with E-state index in [4.69, 9.17) is 5.73 Å². The fraction of sp³-hybridized carbons (Fsp3) is 0.429. The van der Waals surface area contributed by atoms with Gasteiger partial charge in [-0.1, -0.05) is 42.5 Å². The number of aromatic nitrogens is 3. The molecule has 1 aromatic carbocycles. The van der Waals surface area contributed by atoms with E-state index < -0.39 is 0 Å². The van der Waals surface area contributed by atoms with Crippen LogP contribution in [-0.4, -0.2) is 21.5 Å². The molecule has 0 saturated carbocycles. The summed E-state index contributed by atoms with van der Waals surface area (Å²) in [5.41, 5.74) is 8.28. The van der Waals surface area contributed by atoms with Crippen LogP contribution < -0.4 is 5.73 Å². The van der Waals surface area contributed by atoms with Gasteiger partial charge in [-0.2, -0.15) is 0 Å². The molecule has 2 aromatic rings. The van der Waals surface area contributed by atoms with Crippen LogP contribution in [0.2, 0.25) is 0 Å². The third-order valence-electron chi connectivity index (χ3n) is 3.62. The van der Waals surface area contributed by atoms with E-state index in [1.807, 2.05) is 19.3 Å². The lowest BCUT2D eigenvalue weighted by Crippen LogP contribution is -2.37. The molecule has 96 valence electrons. The van der Waals surface area contributed by atoms with Gasteiger partial charge in [0.25, 0.3) is 0 Å². The fourth-order valence-corrected chi connectivity index (χ4v) is 2.38. The smallest absolute Gasteiger partial charge is 0.0836 e. The highest BCUT2D eigenvalue weighted by atomic mass is 15.4. The molecule has 0 saturated heterocycles. The first-order chi connectivity index (χ1) is 8.70. The van der Waals surface area contributed by atoms with E-state index in [-0.39, 0.29) is 5.41 Å². The first-order valence-electron chi connectivity index (χ1n) is 6.31. The predicted molar refractivity (Wildman–Crippen MR) is 72.2 cm³/mol. The Balaban J connectivity index is 2.32. The Bertz CT molecular complexity index is 486. The largest absolute Gasteiger partial charge is 0.330 e. The number of nitrogens with zero attached hydrogens (tertiary/aromatic N) is 3.